The van der Waals surface area contributed by atoms with Gasteiger partial charge in [0, 0.05) is 44.7 Å². The third kappa shape index (κ3) is 3.82. The number of anilines is 2. The van der Waals surface area contributed by atoms with E-state index in [-0.39, 0.29) is 12.0 Å². The highest BCUT2D eigenvalue weighted by Gasteiger charge is 2.25. The summed E-state index contributed by atoms with van der Waals surface area (Å²) in [5.74, 6) is 1.83. The van der Waals surface area contributed by atoms with Gasteiger partial charge in [0.15, 0.2) is 5.76 Å². The maximum absolute atomic E-state index is 12.5. The lowest BCUT2D eigenvalue weighted by Gasteiger charge is -2.34. The molecule has 0 radical (unpaired) electrons. The summed E-state index contributed by atoms with van der Waals surface area (Å²) in [5, 5.41) is 4.48. The molecule has 1 atom stereocenters. The molecule has 0 aliphatic carbocycles. The first-order chi connectivity index (χ1) is 14.8. The van der Waals surface area contributed by atoms with Gasteiger partial charge in [0.2, 0.25) is 5.95 Å². The minimum atomic E-state index is -0.0713. The van der Waals surface area contributed by atoms with E-state index < -0.39 is 0 Å². The minimum Gasteiger partial charge on any atom is -0.459 e. The zero-order chi connectivity index (χ0) is 20.3. The molecule has 8 nitrogen and oxygen atoms in total. The zero-order valence-electron chi connectivity index (χ0n) is 16.8. The number of carbonyl (C=O) groups excluding carboxylic acids is 1. The normalized spacial score (nSPS) is 19.4. The Bertz CT molecular complexity index is 1010. The van der Waals surface area contributed by atoms with Gasteiger partial charge in [-0.05, 0) is 37.1 Å². The lowest BCUT2D eigenvalue weighted by atomic mass is 10.2. The lowest BCUT2D eigenvalue weighted by Crippen LogP contribution is -2.49. The van der Waals surface area contributed by atoms with Crippen LogP contribution in [0.2, 0.25) is 0 Å². The monoisotopic (exact) mass is 407 g/mol. The van der Waals surface area contributed by atoms with Gasteiger partial charge < -0.3 is 24.3 Å². The molecule has 2 aliphatic heterocycles. The number of benzene rings is 1. The van der Waals surface area contributed by atoms with Crippen molar-refractivity contribution in [2.45, 2.75) is 18.9 Å². The molecule has 1 amide bonds. The summed E-state index contributed by atoms with van der Waals surface area (Å²) in [7, 11) is 0. The second-order valence-corrected chi connectivity index (χ2v) is 7.66. The van der Waals surface area contributed by atoms with Crippen molar-refractivity contribution < 1.29 is 13.9 Å². The Balaban J connectivity index is 1.32. The second kappa shape index (κ2) is 8.31. The summed E-state index contributed by atoms with van der Waals surface area (Å²) in [6, 6.07) is 11.5. The van der Waals surface area contributed by atoms with Gasteiger partial charge in [0.25, 0.3) is 5.91 Å². The summed E-state index contributed by atoms with van der Waals surface area (Å²) in [6.45, 7) is 4.14. The van der Waals surface area contributed by atoms with Crippen LogP contribution in [0.15, 0.2) is 47.1 Å². The first kappa shape index (κ1) is 18.9. The van der Waals surface area contributed by atoms with Gasteiger partial charge in [0.1, 0.15) is 5.82 Å². The highest BCUT2D eigenvalue weighted by atomic mass is 16.5. The first-order valence-electron chi connectivity index (χ1n) is 10.5. The molecule has 2 saturated heterocycles. The molecule has 1 aromatic carbocycles. The van der Waals surface area contributed by atoms with Crippen LogP contribution in [0.25, 0.3) is 10.9 Å². The van der Waals surface area contributed by atoms with Crippen LogP contribution >= 0.6 is 0 Å². The molecule has 156 valence electrons. The van der Waals surface area contributed by atoms with Crippen molar-refractivity contribution in [3.05, 3.63) is 48.4 Å². The molecule has 0 bridgehead atoms. The number of rotatable bonds is 5. The molecule has 30 heavy (non-hydrogen) atoms. The predicted octanol–water partition coefficient (Wildman–Crippen LogP) is 2.78. The number of piperazine rings is 1. The second-order valence-electron chi connectivity index (χ2n) is 7.66. The van der Waals surface area contributed by atoms with Gasteiger partial charge in [-0.3, -0.25) is 4.79 Å². The van der Waals surface area contributed by atoms with Gasteiger partial charge in [-0.25, -0.2) is 4.98 Å². The van der Waals surface area contributed by atoms with Crippen LogP contribution in [0.4, 0.5) is 11.8 Å². The van der Waals surface area contributed by atoms with Crippen LogP contribution < -0.4 is 10.2 Å². The Labute approximate surface area is 174 Å². The first-order valence-corrected chi connectivity index (χ1v) is 10.5. The van der Waals surface area contributed by atoms with E-state index in [4.69, 9.17) is 19.1 Å². The van der Waals surface area contributed by atoms with Gasteiger partial charge in [-0.2, -0.15) is 4.98 Å². The van der Waals surface area contributed by atoms with E-state index in [1.54, 1.807) is 12.1 Å². The predicted molar refractivity (Wildman–Crippen MR) is 114 cm³/mol. The number of hydrogen-bond acceptors (Lipinski definition) is 7. The van der Waals surface area contributed by atoms with E-state index in [1.807, 2.05) is 29.2 Å². The van der Waals surface area contributed by atoms with E-state index in [2.05, 4.69) is 10.2 Å². The Kier molecular flexibility index (Phi) is 5.23. The third-order valence-corrected chi connectivity index (χ3v) is 5.69. The molecular weight excluding hydrogens is 382 g/mol. The molecule has 1 N–H and O–H groups in total. The summed E-state index contributed by atoms with van der Waals surface area (Å²) in [6.07, 6.45) is 3.95. The molecule has 2 aliphatic rings. The zero-order valence-corrected chi connectivity index (χ0v) is 16.8. The topological polar surface area (TPSA) is 83.7 Å². The van der Waals surface area contributed by atoms with E-state index in [0.717, 1.165) is 42.7 Å². The standard InChI is InChI=1S/C22H25N5O3/c28-21(19-8-4-14-30-19)26-9-11-27(12-10-26)22-24-18-7-2-1-6-17(18)20(25-22)23-15-16-5-3-13-29-16/h1-2,4,6-8,14,16H,3,5,9-13,15H2,(H,23,24,25). The van der Waals surface area contributed by atoms with E-state index >= 15 is 0 Å². The number of furan rings is 1. The fraction of sp³-hybridized carbons (Fsp3) is 0.409. The Morgan fingerprint density at radius 3 is 2.73 bits per heavy atom. The van der Waals surface area contributed by atoms with Crippen LogP contribution in [-0.2, 0) is 4.74 Å². The van der Waals surface area contributed by atoms with Crippen molar-refractivity contribution >= 4 is 28.6 Å². The van der Waals surface area contributed by atoms with Crippen molar-refractivity contribution in [3.63, 3.8) is 0 Å². The summed E-state index contributed by atoms with van der Waals surface area (Å²) < 4.78 is 11.0. The average molecular weight is 407 g/mol. The highest BCUT2D eigenvalue weighted by molar-refractivity contribution is 5.92. The van der Waals surface area contributed by atoms with Crippen molar-refractivity contribution in [2.24, 2.45) is 0 Å². The van der Waals surface area contributed by atoms with Gasteiger partial charge >= 0.3 is 0 Å². The summed E-state index contributed by atoms with van der Waals surface area (Å²) in [4.78, 5) is 26.1. The number of para-hydroxylation sites is 1. The SMILES string of the molecule is O=C(c1ccco1)N1CCN(c2nc(NCC3CCCO3)c3ccccc3n2)CC1. The maximum Gasteiger partial charge on any atom is 0.289 e. The van der Waals surface area contributed by atoms with Crippen LogP contribution in [0.3, 0.4) is 0 Å². The molecule has 8 heteroatoms. The fourth-order valence-electron chi connectivity index (χ4n) is 4.02. The number of nitrogens with one attached hydrogen (secondary N) is 1. The number of hydrogen-bond donors (Lipinski definition) is 1. The van der Waals surface area contributed by atoms with E-state index in [0.29, 0.717) is 37.9 Å². The Morgan fingerprint density at radius 2 is 1.97 bits per heavy atom. The van der Waals surface area contributed by atoms with Gasteiger partial charge in [-0.1, -0.05) is 12.1 Å². The number of carbonyl (C=O) groups is 1. The molecule has 5 rings (SSSR count). The molecule has 0 saturated carbocycles. The molecule has 3 aromatic rings. The van der Waals surface area contributed by atoms with Crippen LogP contribution in [0.5, 0.6) is 0 Å². The fourth-order valence-corrected chi connectivity index (χ4v) is 4.02. The molecule has 0 spiro atoms. The van der Waals surface area contributed by atoms with E-state index in [1.165, 1.54) is 6.26 Å². The third-order valence-electron chi connectivity index (χ3n) is 5.69. The summed E-state index contributed by atoms with van der Waals surface area (Å²) in [5.41, 5.74) is 0.909. The quantitative estimate of drug-likeness (QED) is 0.696. The van der Waals surface area contributed by atoms with Crippen molar-refractivity contribution in [1.82, 2.24) is 14.9 Å². The van der Waals surface area contributed by atoms with Crippen molar-refractivity contribution in [2.75, 3.05) is 49.5 Å². The molecule has 2 fully saturated rings. The van der Waals surface area contributed by atoms with Crippen LogP contribution in [0.1, 0.15) is 23.4 Å². The number of nitrogens with zero attached hydrogens (tertiary/aromatic N) is 4. The Morgan fingerprint density at radius 1 is 1.10 bits per heavy atom. The molecule has 4 heterocycles. The highest BCUT2D eigenvalue weighted by Crippen LogP contribution is 2.25. The smallest absolute Gasteiger partial charge is 0.289 e. The molecule has 1 unspecified atom stereocenters. The van der Waals surface area contributed by atoms with Gasteiger partial charge in [-0.15, -0.1) is 0 Å². The average Bonchev–Trinajstić information content (AvgIpc) is 3.51. The Hall–Kier alpha value is -3.13. The van der Waals surface area contributed by atoms with Crippen LogP contribution in [-0.4, -0.2) is 66.2 Å². The number of ether oxygens (including phenoxy) is 1. The number of aromatic nitrogens is 2. The molecular formula is C22H25N5O3. The number of amides is 1. The van der Waals surface area contributed by atoms with Gasteiger partial charge in [0.05, 0.1) is 17.9 Å². The van der Waals surface area contributed by atoms with Crippen molar-refractivity contribution in [3.8, 4) is 0 Å². The lowest BCUT2D eigenvalue weighted by molar-refractivity contribution is 0.0714. The van der Waals surface area contributed by atoms with Crippen LogP contribution in [0, 0.1) is 0 Å². The van der Waals surface area contributed by atoms with E-state index in [9.17, 15) is 4.79 Å². The van der Waals surface area contributed by atoms with Crippen molar-refractivity contribution in [1.29, 1.82) is 0 Å². The minimum absolute atomic E-state index is 0.0713. The molecule has 2 aromatic heterocycles. The number of fused-ring (bicyclic) bond motifs is 1. The maximum atomic E-state index is 12.5. The largest absolute Gasteiger partial charge is 0.459 e. The summed E-state index contributed by atoms with van der Waals surface area (Å²) >= 11 is 0.